The summed E-state index contributed by atoms with van der Waals surface area (Å²) in [5.74, 6) is 1.95. The SMILES string of the molecule is CC(=O)CCc1ccc(Oc2ncnc(N3CCC(c4nc(C)no4)CC3)c2[N+](=O)[O-])cc1. The third kappa shape index (κ3) is 5.30. The molecule has 1 aliphatic heterocycles. The Bertz CT molecular complexity index is 1140. The van der Waals surface area contributed by atoms with Crippen molar-refractivity contribution in [1.29, 1.82) is 0 Å². The lowest BCUT2D eigenvalue weighted by atomic mass is 9.97. The van der Waals surface area contributed by atoms with Crippen LogP contribution in [0.3, 0.4) is 0 Å². The molecule has 1 saturated heterocycles. The van der Waals surface area contributed by atoms with Crippen molar-refractivity contribution in [1.82, 2.24) is 20.1 Å². The fourth-order valence-electron chi connectivity index (χ4n) is 3.79. The minimum Gasteiger partial charge on any atom is -0.434 e. The molecule has 11 nitrogen and oxygen atoms in total. The lowest BCUT2D eigenvalue weighted by molar-refractivity contribution is -0.385. The van der Waals surface area contributed by atoms with Gasteiger partial charge in [-0.1, -0.05) is 17.3 Å². The predicted molar refractivity (Wildman–Crippen MR) is 117 cm³/mol. The van der Waals surface area contributed by atoms with Crippen LogP contribution in [0.5, 0.6) is 11.6 Å². The molecule has 0 aliphatic carbocycles. The molecule has 1 fully saturated rings. The Kier molecular flexibility index (Phi) is 6.57. The summed E-state index contributed by atoms with van der Waals surface area (Å²) in [7, 11) is 0. The van der Waals surface area contributed by atoms with Crippen molar-refractivity contribution in [3.05, 3.63) is 58.0 Å². The van der Waals surface area contributed by atoms with E-state index < -0.39 is 4.92 Å². The van der Waals surface area contributed by atoms with E-state index in [2.05, 4.69) is 20.1 Å². The molecule has 4 rings (SSSR count). The molecule has 0 radical (unpaired) electrons. The second kappa shape index (κ2) is 9.72. The maximum absolute atomic E-state index is 11.9. The van der Waals surface area contributed by atoms with Gasteiger partial charge in [0.05, 0.1) is 4.92 Å². The van der Waals surface area contributed by atoms with E-state index in [1.165, 1.54) is 6.33 Å². The number of ketones is 1. The Morgan fingerprint density at radius 2 is 1.97 bits per heavy atom. The van der Waals surface area contributed by atoms with Gasteiger partial charge in [-0.15, -0.1) is 0 Å². The normalized spacial score (nSPS) is 14.3. The van der Waals surface area contributed by atoms with Crippen molar-refractivity contribution in [2.45, 2.75) is 45.4 Å². The summed E-state index contributed by atoms with van der Waals surface area (Å²) in [6, 6.07) is 7.07. The third-order valence-corrected chi connectivity index (χ3v) is 5.54. The average molecular weight is 452 g/mol. The van der Waals surface area contributed by atoms with Gasteiger partial charge in [0.2, 0.25) is 11.7 Å². The van der Waals surface area contributed by atoms with E-state index in [-0.39, 0.29) is 29.1 Å². The van der Waals surface area contributed by atoms with Crippen LogP contribution in [0.4, 0.5) is 11.5 Å². The Balaban J connectivity index is 1.49. The summed E-state index contributed by atoms with van der Waals surface area (Å²) < 4.78 is 11.0. The molecule has 3 aromatic rings. The topological polar surface area (TPSA) is 137 Å². The average Bonchev–Trinajstić information content (AvgIpc) is 3.24. The maximum atomic E-state index is 11.9. The quantitative estimate of drug-likeness (QED) is 0.366. The highest BCUT2D eigenvalue weighted by Crippen LogP contribution is 2.38. The van der Waals surface area contributed by atoms with Gasteiger partial charge in [0.1, 0.15) is 17.9 Å². The standard InChI is InChI=1S/C22H24N6O5/c1-14(29)3-4-16-5-7-18(8-6-16)32-22-19(28(30)31)20(23-13-24-22)27-11-9-17(10-12-27)21-25-15(2)26-33-21/h5-8,13,17H,3-4,9-12H2,1-2H3. The highest BCUT2D eigenvalue weighted by molar-refractivity contribution is 5.75. The van der Waals surface area contributed by atoms with Gasteiger partial charge in [-0.25, -0.2) is 4.98 Å². The summed E-state index contributed by atoms with van der Waals surface area (Å²) in [6.07, 6.45) is 3.78. The number of ether oxygens (including phenoxy) is 1. The number of aryl methyl sites for hydroxylation is 2. The van der Waals surface area contributed by atoms with Gasteiger partial charge in [0, 0.05) is 25.4 Å². The first-order valence-electron chi connectivity index (χ1n) is 10.7. The summed E-state index contributed by atoms with van der Waals surface area (Å²) in [5.41, 5.74) is 0.708. The molecule has 2 aromatic heterocycles. The molecule has 0 amide bonds. The molecule has 1 aromatic carbocycles. The number of Topliss-reactive ketones (excluding diaryl/α,β-unsaturated/α-hetero) is 1. The Morgan fingerprint density at radius 3 is 2.58 bits per heavy atom. The van der Waals surface area contributed by atoms with Crippen LogP contribution in [0.25, 0.3) is 0 Å². The molecule has 3 heterocycles. The molecular weight excluding hydrogens is 428 g/mol. The fraction of sp³-hybridized carbons (Fsp3) is 0.409. The summed E-state index contributed by atoms with van der Waals surface area (Å²) in [4.78, 5) is 36.9. The van der Waals surface area contributed by atoms with Gasteiger partial charge >= 0.3 is 11.6 Å². The molecule has 0 N–H and O–H groups in total. The van der Waals surface area contributed by atoms with Crippen LogP contribution in [0, 0.1) is 17.0 Å². The molecule has 0 spiro atoms. The number of anilines is 1. The van der Waals surface area contributed by atoms with Crippen molar-refractivity contribution >= 4 is 17.3 Å². The number of carbonyl (C=O) groups is 1. The van der Waals surface area contributed by atoms with E-state index in [1.807, 2.05) is 17.0 Å². The van der Waals surface area contributed by atoms with E-state index in [0.29, 0.717) is 56.2 Å². The number of hydrogen-bond donors (Lipinski definition) is 0. The number of carbonyl (C=O) groups excluding carboxylic acids is 1. The number of nitro groups is 1. The predicted octanol–water partition coefficient (Wildman–Crippen LogP) is 3.77. The summed E-state index contributed by atoms with van der Waals surface area (Å²) in [6.45, 7) is 4.42. The van der Waals surface area contributed by atoms with Gasteiger partial charge in [-0.05, 0) is 50.8 Å². The highest BCUT2D eigenvalue weighted by atomic mass is 16.6. The lowest BCUT2D eigenvalue weighted by Gasteiger charge is -2.30. The number of rotatable bonds is 8. The summed E-state index contributed by atoms with van der Waals surface area (Å²) in [5, 5.41) is 15.8. The first-order valence-corrected chi connectivity index (χ1v) is 10.7. The number of hydrogen-bond acceptors (Lipinski definition) is 10. The van der Waals surface area contributed by atoms with E-state index in [0.717, 1.165) is 5.56 Å². The maximum Gasteiger partial charge on any atom is 0.373 e. The third-order valence-electron chi connectivity index (χ3n) is 5.54. The number of benzene rings is 1. The van der Waals surface area contributed by atoms with Crippen LogP contribution >= 0.6 is 0 Å². The first-order chi connectivity index (χ1) is 15.9. The van der Waals surface area contributed by atoms with Gasteiger partial charge in [0.15, 0.2) is 5.82 Å². The van der Waals surface area contributed by atoms with Gasteiger partial charge in [-0.3, -0.25) is 10.1 Å². The summed E-state index contributed by atoms with van der Waals surface area (Å²) >= 11 is 0. The number of aromatic nitrogens is 4. The van der Waals surface area contributed by atoms with E-state index in [1.54, 1.807) is 26.0 Å². The molecule has 33 heavy (non-hydrogen) atoms. The van der Waals surface area contributed by atoms with Crippen LogP contribution in [0.15, 0.2) is 35.1 Å². The zero-order valence-electron chi connectivity index (χ0n) is 18.4. The second-order valence-electron chi connectivity index (χ2n) is 8.00. The van der Waals surface area contributed by atoms with E-state index in [9.17, 15) is 14.9 Å². The van der Waals surface area contributed by atoms with Crippen LogP contribution in [0.2, 0.25) is 0 Å². The van der Waals surface area contributed by atoms with E-state index in [4.69, 9.17) is 9.26 Å². The Hall–Kier alpha value is -3.89. The van der Waals surface area contributed by atoms with Crippen LogP contribution in [-0.2, 0) is 11.2 Å². The van der Waals surface area contributed by atoms with Crippen molar-refractivity contribution in [3.63, 3.8) is 0 Å². The zero-order valence-corrected chi connectivity index (χ0v) is 18.4. The zero-order chi connectivity index (χ0) is 23.4. The fourth-order valence-corrected chi connectivity index (χ4v) is 3.79. The Labute approximate surface area is 190 Å². The molecule has 0 saturated carbocycles. The van der Waals surface area contributed by atoms with Crippen molar-refractivity contribution in [3.8, 4) is 11.6 Å². The van der Waals surface area contributed by atoms with Gasteiger partial charge in [-0.2, -0.15) is 9.97 Å². The number of piperidine rings is 1. The highest BCUT2D eigenvalue weighted by Gasteiger charge is 2.32. The van der Waals surface area contributed by atoms with Crippen LogP contribution in [0.1, 0.15) is 49.4 Å². The van der Waals surface area contributed by atoms with Crippen molar-refractivity contribution < 1.29 is 19.0 Å². The van der Waals surface area contributed by atoms with Gasteiger partial charge in [0.25, 0.3) is 0 Å². The monoisotopic (exact) mass is 452 g/mol. The van der Waals surface area contributed by atoms with Crippen LogP contribution in [-0.4, -0.2) is 43.9 Å². The molecule has 11 heteroatoms. The second-order valence-corrected chi connectivity index (χ2v) is 8.00. The lowest BCUT2D eigenvalue weighted by Crippen LogP contribution is -2.34. The minimum atomic E-state index is -0.515. The van der Waals surface area contributed by atoms with E-state index >= 15 is 0 Å². The minimum absolute atomic E-state index is 0.112. The Morgan fingerprint density at radius 1 is 1.24 bits per heavy atom. The first kappa shape index (κ1) is 22.3. The van der Waals surface area contributed by atoms with Gasteiger partial charge < -0.3 is 19.0 Å². The molecule has 1 aliphatic rings. The molecule has 0 atom stereocenters. The van der Waals surface area contributed by atoms with Crippen molar-refractivity contribution in [2.75, 3.05) is 18.0 Å². The molecule has 0 bridgehead atoms. The van der Waals surface area contributed by atoms with Crippen molar-refractivity contribution in [2.24, 2.45) is 0 Å². The largest absolute Gasteiger partial charge is 0.434 e. The van der Waals surface area contributed by atoms with Crippen LogP contribution < -0.4 is 9.64 Å². The molecule has 0 unspecified atom stereocenters. The molecular formula is C22H24N6O5. The number of nitrogens with zero attached hydrogens (tertiary/aromatic N) is 6. The smallest absolute Gasteiger partial charge is 0.373 e. The molecule has 172 valence electrons.